The second kappa shape index (κ2) is 12.3. The van der Waals surface area contributed by atoms with E-state index in [1.165, 1.54) is 13.8 Å². The summed E-state index contributed by atoms with van der Waals surface area (Å²) in [5.74, 6) is 0. The molecule has 0 spiro atoms. The van der Waals surface area contributed by atoms with Gasteiger partial charge < -0.3 is 49.0 Å². The summed E-state index contributed by atoms with van der Waals surface area (Å²) < 4.78 is 49.1. The Labute approximate surface area is 180 Å². The molecule has 0 heterocycles. The number of hydrogen-bond donors (Lipinski definition) is 9. The highest BCUT2D eigenvalue weighted by molar-refractivity contribution is 7.72. The van der Waals surface area contributed by atoms with Gasteiger partial charge in [-0.3, -0.25) is 18.3 Å². The highest BCUT2D eigenvalue weighted by Gasteiger charge is 2.60. The average Bonchev–Trinajstić information content (AvgIpc) is 2.53. The second-order valence-electron chi connectivity index (χ2n) is 7.06. The van der Waals surface area contributed by atoms with Crippen molar-refractivity contribution < 1.29 is 67.3 Å². The van der Waals surface area contributed by atoms with Gasteiger partial charge in [-0.15, -0.1) is 0 Å². The molecule has 0 aromatic carbocycles. The fourth-order valence-electron chi connectivity index (χ4n) is 2.11. The molecule has 31 heavy (non-hydrogen) atoms. The molecular weight excluding hydrogens is 504 g/mol. The standard InChI is InChI=1S/C8H20O7P2.C5H14O7P2/c1-4-5-6-8(9,16(10,11)12)17(13,14)15-7(2)3;1-2-3-4-5(6,13(7,8)9)14(10,11)12/h7,9H,4-6H2,1-3H3,(H,13,14)(H2,10,11,12);6H,2-4H2,1H3,(H2,7,8,9)(H2,10,11,12). The van der Waals surface area contributed by atoms with Crippen LogP contribution in [0.25, 0.3) is 0 Å². The van der Waals surface area contributed by atoms with Gasteiger partial charge in [0.1, 0.15) is 0 Å². The van der Waals surface area contributed by atoms with Gasteiger partial charge in [0.25, 0.3) is 10.2 Å². The van der Waals surface area contributed by atoms with E-state index in [1.54, 1.807) is 13.8 Å². The van der Waals surface area contributed by atoms with Gasteiger partial charge in [-0.25, -0.2) is 0 Å². The summed E-state index contributed by atoms with van der Waals surface area (Å²) in [7, 11) is -20.5. The number of rotatable bonds is 12. The number of aliphatic hydroxyl groups is 2. The van der Waals surface area contributed by atoms with E-state index < -0.39 is 59.5 Å². The molecule has 0 bridgehead atoms. The van der Waals surface area contributed by atoms with Crippen LogP contribution in [-0.2, 0) is 22.8 Å². The topological polar surface area (TPSA) is 260 Å². The molecule has 0 saturated heterocycles. The lowest BCUT2D eigenvalue weighted by atomic mass is 10.3. The molecule has 14 nitrogen and oxygen atoms in total. The normalized spacial score (nSPS) is 17.5. The maximum Gasteiger partial charge on any atom is 0.372 e. The third kappa shape index (κ3) is 9.35. The lowest BCUT2D eigenvalue weighted by Crippen LogP contribution is -2.30. The number of hydrogen-bond acceptors (Lipinski definition) is 7. The van der Waals surface area contributed by atoms with Crippen LogP contribution in [0.2, 0.25) is 0 Å². The van der Waals surface area contributed by atoms with Crippen molar-refractivity contribution in [2.45, 2.75) is 82.5 Å². The van der Waals surface area contributed by atoms with Gasteiger partial charge >= 0.3 is 30.4 Å². The molecule has 0 aromatic rings. The van der Waals surface area contributed by atoms with Crippen LogP contribution in [0.1, 0.15) is 66.2 Å². The van der Waals surface area contributed by atoms with Gasteiger partial charge in [0.05, 0.1) is 6.10 Å². The van der Waals surface area contributed by atoms with Crippen LogP contribution in [0.15, 0.2) is 0 Å². The van der Waals surface area contributed by atoms with E-state index in [4.69, 9.17) is 29.4 Å². The smallest absolute Gasteiger partial charge is 0.368 e. The molecule has 0 amide bonds. The summed E-state index contributed by atoms with van der Waals surface area (Å²) in [5.41, 5.74) is 0. The molecule has 18 heteroatoms. The summed E-state index contributed by atoms with van der Waals surface area (Å²) in [5, 5.41) is 12.9. The van der Waals surface area contributed by atoms with Crippen molar-refractivity contribution in [3.63, 3.8) is 0 Å². The Balaban J connectivity index is 0. The van der Waals surface area contributed by atoms with E-state index in [0.717, 1.165) is 0 Å². The van der Waals surface area contributed by atoms with E-state index in [1.807, 2.05) is 0 Å². The predicted octanol–water partition coefficient (Wildman–Crippen LogP) is 1.79. The monoisotopic (exact) mass is 538 g/mol. The summed E-state index contributed by atoms with van der Waals surface area (Å²) in [6.07, 6.45) is -0.551. The molecule has 0 saturated carbocycles. The molecule has 2 unspecified atom stereocenters. The lowest BCUT2D eigenvalue weighted by Gasteiger charge is -2.32. The maximum absolute atomic E-state index is 11.8. The third-order valence-corrected chi connectivity index (χ3v) is 12.3. The summed E-state index contributed by atoms with van der Waals surface area (Å²) in [4.78, 5) is 62.3. The SMILES string of the molecule is CCCCC(O)(P(=O)(O)O)P(=O)(O)O.CCCCC(O)(P(=O)(O)O)P(=O)(O)OC(C)C. The van der Waals surface area contributed by atoms with E-state index >= 15 is 0 Å². The van der Waals surface area contributed by atoms with Crippen LogP contribution in [0.3, 0.4) is 0 Å². The van der Waals surface area contributed by atoms with Gasteiger partial charge in [0.2, 0.25) is 0 Å². The number of unbranched alkanes of at least 4 members (excludes halogenated alkanes) is 2. The van der Waals surface area contributed by atoms with E-state index in [0.29, 0.717) is 12.8 Å². The Morgan fingerprint density at radius 1 is 0.677 bits per heavy atom. The Morgan fingerprint density at radius 2 is 0.968 bits per heavy atom. The van der Waals surface area contributed by atoms with Gasteiger partial charge in [0, 0.05) is 0 Å². The summed E-state index contributed by atoms with van der Waals surface area (Å²) in [6, 6.07) is 0. The molecule has 0 radical (unpaired) electrons. The Hall–Kier alpha value is 0.520. The third-order valence-electron chi connectivity index (χ3n) is 3.94. The fraction of sp³-hybridized carbons (Fsp3) is 1.00. The van der Waals surface area contributed by atoms with Gasteiger partial charge in [-0.05, 0) is 39.5 Å². The maximum atomic E-state index is 11.8. The average molecular weight is 538 g/mol. The zero-order valence-electron chi connectivity index (χ0n) is 17.7. The first-order valence-corrected chi connectivity index (χ1v) is 15.6. The minimum atomic E-state index is -5.25. The summed E-state index contributed by atoms with van der Waals surface area (Å²) >= 11 is 0. The van der Waals surface area contributed by atoms with Crippen molar-refractivity contribution in [3.8, 4) is 0 Å². The molecule has 190 valence electrons. The predicted molar refractivity (Wildman–Crippen MR) is 111 cm³/mol. The first-order valence-electron chi connectivity index (χ1n) is 9.17. The van der Waals surface area contributed by atoms with Crippen LogP contribution in [-0.4, -0.2) is 60.7 Å². The molecular formula is C13H34O14P4. The molecule has 0 aliphatic heterocycles. The Morgan fingerprint density at radius 3 is 1.19 bits per heavy atom. The van der Waals surface area contributed by atoms with Crippen molar-refractivity contribution >= 4 is 30.4 Å². The van der Waals surface area contributed by atoms with Crippen LogP contribution in [0.5, 0.6) is 0 Å². The quantitative estimate of drug-likeness (QED) is 0.161. The zero-order valence-corrected chi connectivity index (χ0v) is 21.3. The van der Waals surface area contributed by atoms with Crippen molar-refractivity contribution in [3.05, 3.63) is 0 Å². The van der Waals surface area contributed by atoms with Crippen molar-refractivity contribution in [1.82, 2.24) is 0 Å². The van der Waals surface area contributed by atoms with Crippen LogP contribution < -0.4 is 0 Å². The Kier molecular flexibility index (Phi) is 13.4. The molecule has 0 aliphatic carbocycles. The van der Waals surface area contributed by atoms with E-state index in [-0.39, 0.29) is 12.8 Å². The van der Waals surface area contributed by atoms with E-state index in [2.05, 4.69) is 4.52 Å². The molecule has 0 aliphatic rings. The van der Waals surface area contributed by atoms with Crippen LogP contribution in [0.4, 0.5) is 0 Å². The molecule has 9 N–H and O–H groups in total. The highest BCUT2D eigenvalue weighted by atomic mass is 31.2. The highest BCUT2D eigenvalue weighted by Crippen LogP contribution is 2.72. The second-order valence-corrected chi connectivity index (χ2v) is 15.2. The van der Waals surface area contributed by atoms with Gasteiger partial charge in [-0.2, -0.15) is 0 Å². The first-order chi connectivity index (χ1) is 13.5. The van der Waals surface area contributed by atoms with Crippen LogP contribution in [0, 0.1) is 0 Å². The van der Waals surface area contributed by atoms with Crippen molar-refractivity contribution in [1.29, 1.82) is 0 Å². The minimum absolute atomic E-state index is 0.118. The molecule has 2 atom stereocenters. The minimum Gasteiger partial charge on any atom is -0.368 e. The van der Waals surface area contributed by atoms with Gasteiger partial charge in [0.15, 0.2) is 0 Å². The molecule has 0 rings (SSSR count). The molecule has 0 aromatic heterocycles. The Bertz CT molecular complexity index is 714. The largest absolute Gasteiger partial charge is 0.372 e. The fourth-order valence-corrected chi connectivity index (χ4v) is 7.46. The van der Waals surface area contributed by atoms with Crippen molar-refractivity contribution in [2.24, 2.45) is 0 Å². The van der Waals surface area contributed by atoms with Crippen molar-refractivity contribution in [2.75, 3.05) is 0 Å². The van der Waals surface area contributed by atoms with E-state index in [9.17, 15) is 33.4 Å². The van der Waals surface area contributed by atoms with Gasteiger partial charge in [-0.1, -0.05) is 26.7 Å². The molecule has 0 fully saturated rings. The summed E-state index contributed by atoms with van der Waals surface area (Å²) in [6.45, 7) is 6.26. The first kappa shape index (κ1) is 33.7. The zero-order chi connectivity index (χ0) is 25.5. The lowest BCUT2D eigenvalue weighted by molar-refractivity contribution is 0.0948. The van der Waals surface area contributed by atoms with Crippen LogP contribution >= 0.6 is 30.4 Å².